The molecule has 3 rings (SSSR count). The van der Waals surface area contributed by atoms with Crippen molar-refractivity contribution in [2.24, 2.45) is 0 Å². The molecule has 3 nitrogen and oxygen atoms in total. The summed E-state index contributed by atoms with van der Waals surface area (Å²) >= 11 is 7.03. The van der Waals surface area contributed by atoms with Gasteiger partial charge in [-0.05, 0) is 23.8 Å². The highest BCUT2D eigenvalue weighted by atomic mass is 79.9. The minimum absolute atomic E-state index is 0.274. The molecular formula is C18H20Br2N2O. The van der Waals surface area contributed by atoms with Gasteiger partial charge in [-0.3, -0.25) is 4.90 Å². The normalized spacial score (nSPS) is 17.0. The first-order valence-electron chi connectivity index (χ1n) is 7.81. The Morgan fingerprint density at radius 1 is 1.00 bits per heavy atom. The van der Waals surface area contributed by atoms with Crippen LogP contribution in [0.25, 0.3) is 0 Å². The molecule has 122 valence electrons. The fourth-order valence-electron chi connectivity index (χ4n) is 2.87. The van der Waals surface area contributed by atoms with Gasteiger partial charge in [-0.25, -0.2) is 0 Å². The number of hydrogen-bond donors (Lipinski definition) is 1. The molecular weight excluding hydrogens is 420 g/mol. The van der Waals surface area contributed by atoms with E-state index in [0.29, 0.717) is 6.61 Å². The topological polar surface area (TPSA) is 24.5 Å². The molecule has 0 saturated carbocycles. The van der Waals surface area contributed by atoms with E-state index in [0.717, 1.165) is 40.9 Å². The fraction of sp³-hybridized carbons (Fsp3) is 0.333. The molecule has 2 aromatic carbocycles. The Morgan fingerprint density at radius 2 is 1.65 bits per heavy atom. The van der Waals surface area contributed by atoms with E-state index in [-0.39, 0.29) is 6.04 Å². The first-order valence-corrected chi connectivity index (χ1v) is 9.39. The largest absolute Gasteiger partial charge is 0.492 e. The van der Waals surface area contributed by atoms with Gasteiger partial charge >= 0.3 is 0 Å². The van der Waals surface area contributed by atoms with Crippen LogP contribution in [0.3, 0.4) is 0 Å². The van der Waals surface area contributed by atoms with Crippen LogP contribution in [0.2, 0.25) is 0 Å². The lowest BCUT2D eigenvalue weighted by molar-refractivity contribution is 0.121. The molecule has 1 fully saturated rings. The molecule has 0 aliphatic carbocycles. The van der Waals surface area contributed by atoms with Crippen LogP contribution in [0.5, 0.6) is 5.75 Å². The summed E-state index contributed by atoms with van der Waals surface area (Å²) in [5.41, 5.74) is 1.31. The molecule has 5 heteroatoms. The molecule has 23 heavy (non-hydrogen) atoms. The molecule has 0 radical (unpaired) electrons. The second-order valence-electron chi connectivity index (χ2n) is 5.63. The first-order chi connectivity index (χ1) is 11.2. The third-order valence-corrected chi connectivity index (χ3v) is 4.94. The predicted octanol–water partition coefficient (Wildman–Crippen LogP) is 4.24. The fourth-order valence-corrected chi connectivity index (χ4v) is 4.12. The van der Waals surface area contributed by atoms with E-state index in [9.17, 15) is 0 Å². The van der Waals surface area contributed by atoms with E-state index >= 15 is 0 Å². The summed E-state index contributed by atoms with van der Waals surface area (Å²) in [7, 11) is 0. The van der Waals surface area contributed by atoms with Crippen LogP contribution >= 0.6 is 31.9 Å². The number of halogens is 2. The van der Waals surface area contributed by atoms with Crippen molar-refractivity contribution < 1.29 is 4.74 Å². The number of ether oxygens (including phenoxy) is 1. The Hall–Kier alpha value is -0.880. The Labute approximate surface area is 154 Å². The van der Waals surface area contributed by atoms with Crippen molar-refractivity contribution in [1.82, 2.24) is 10.2 Å². The zero-order valence-corrected chi connectivity index (χ0v) is 16.0. The second-order valence-corrected chi connectivity index (χ2v) is 7.46. The third-order valence-electron chi connectivity index (χ3n) is 4.02. The van der Waals surface area contributed by atoms with Gasteiger partial charge in [-0.15, -0.1) is 0 Å². The van der Waals surface area contributed by atoms with Crippen LogP contribution in [0, 0.1) is 0 Å². The first kappa shape index (κ1) is 17.0. The molecule has 0 bridgehead atoms. The summed E-state index contributed by atoms with van der Waals surface area (Å²) in [6.07, 6.45) is 0. The maximum absolute atomic E-state index is 6.12. The Balaban J connectivity index is 1.75. The van der Waals surface area contributed by atoms with Crippen LogP contribution < -0.4 is 10.1 Å². The van der Waals surface area contributed by atoms with Crippen LogP contribution in [0.4, 0.5) is 0 Å². The van der Waals surface area contributed by atoms with Gasteiger partial charge in [0.1, 0.15) is 12.4 Å². The summed E-state index contributed by atoms with van der Waals surface area (Å²) < 4.78 is 8.14. The van der Waals surface area contributed by atoms with Gasteiger partial charge in [-0.1, -0.05) is 62.2 Å². The number of rotatable bonds is 5. The number of nitrogens with zero attached hydrogens (tertiary/aromatic N) is 1. The number of piperazine rings is 1. The van der Waals surface area contributed by atoms with Gasteiger partial charge in [-0.2, -0.15) is 0 Å². The molecule has 1 aliphatic rings. The zero-order chi connectivity index (χ0) is 16.1. The Bertz CT molecular complexity index is 610. The van der Waals surface area contributed by atoms with Crippen molar-refractivity contribution in [3.63, 3.8) is 0 Å². The van der Waals surface area contributed by atoms with Gasteiger partial charge in [0, 0.05) is 35.1 Å². The summed E-state index contributed by atoms with van der Waals surface area (Å²) in [5.74, 6) is 0.877. The molecule has 1 N–H and O–H groups in total. The predicted molar refractivity (Wildman–Crippen MR) is 101 cm³/mol. The average Bonchev–Trinajstić information content (AvgIpc) is 2.56. The summed E-state index contributed by atoms with van der Waals surface area (Å²) in [4.78, 5) is 2.50. The van der Waals surface area contributed by atoms with Crippen molar-refractivity contribution in [1.29, 1.82) is 0 Å². The van der Waals surface area contributed by atoms with Crippen molar-refractivity contribution in [3.05, 3.63) is 63.0 Å². The Morgan fingerprint density at radius 3 is 2.30 bits per heavy atom. The SMILES string of the molecule is Brc1cc(Br)cc(OC[C@@H](c2ccccc2)N2CCNCC2)c1. The molecule has 1 atom stereocenters. The van der Waals surface area contributed by atoms with E-state index in [4.69, 9.17) is 4.74 Å². The molecule has 1 heterocycles. The zero-order valence-electron chi connectivity index (χ0n) is 12.8. The molecule has 0 spiro atoms. The van der Waals surface area contributed by atoms with Crippen molar-refractivity contribution in [3.8, 4) is 5.75 Å². The van der Waals surface area contributed by atoms with Gasteiger partial charge in [0.25, 0.3) is 0 Å². The lowest BCUT2D eigenvalue weighted by Gasteiger charge is -2.35. The maximum atomic E-state index is 6.12. The van der Waals surface area contributed by atoms with Crippen LogP contribution in [0.15, 0.2) is 57.5 Å². The van der Waals surface area contributed by atoms with E-state index in [1.807, 2.05) is 18.2 Å². The number of nitrogens with one attached hydrogen (secondary N) is 1. The summed E-state index contributed by atoms with van der Waals surface area (Å²) in [6.45, 7) is 4.81. The van der Waals surface area contributed by atoms with E-state index in [2.05, 4.69) is 72.4 Å². The van der Waals surface area contributed by atoms with E-state index < -0.39 is 0 Å². The van der Waals surface area contributed by atoms with Gasteiger partial charge in [0.15, 0.2) is 0 Å². The van der Waals surface area contributed by atoms with Crippen LogP contribution in [-0.4, -0.2) is 37.7 Å². The van der Waals surface area contributed by atoms with E-state index in [1.165, 1.54) is 5.56 Å². The van der Waals surface area contributed by atoms with Crippen molar-refractivity contribution in [2.75, 3.05) is 32.8 Å². The second kappa shape index (κ2) is 8.29. The highest BCUT2D eigenvalue weighted by Gasteiger charge is 2.22. The maximum Gasteiger partial charge on any atom is 0.121 e. The smallest absolute Gasteiger partial charge is 0.121 e. The highest BCUT2D eigenvalue weighted by molar-refractivity contribution is 9.11. The quantitative estimate of drug-likeness (QED) is 0.754. The van der Waals surface area contributed by atoms with Gasteiger partial charge in [0.2, 0.25) is 0 Å². The van der Waals surface area contributed by atoms with Crippen molar-refractivity contribution >= 4 is 31.9 Å². The third kappa shape index (κ3) is 4.80. The molecule has 0 aromatic heterocycles. The standard InChI is InChI=1S/C18H20Br2N2O/c19-15-10-16(20)12-17(11-15)23-13-18(14-4-2-1-3-5-14)22-8-6-21-7-9-22/h1-5,10-12,18,21H,6-9,13H2/t18-/m0/s1. The van der Waals surface area contributed by atoms with E-state index in [1.54, 1.807) is 0 Å². The monoisotopic (exact) mass is 438 g/mol. The lowest BCUT2D eigenvalue weighted by Crippen LogP contribution is -2.46. The van der Waals surface area contributed by atoms with Crippen LogP contribution in [-0.2, 0) is 0 Å². The molecule has 0 amide bonds. The minimum atomic E-state index is 0.274. The number of benzene rings is 2. The molecule has 0 unspecified atom stereocenters. The Kier molecular flexibility index (Phi) is 6.11. The molecule has 1 aliphatic heterocycles. The van der Waals surface area contributed by atoms with Gasteiger partial charge < -0.3 is 10.1 Å². The van der Waals surface area contributed by atoms with Gasteiger partial charge in [0.05, 0.1) is 6.04 Å². The summed E-state index contributed by atoms with van der Waals surface area (Å²) in [6, 6.07) is 16.9. The average molecular weight is 440 g/mol. The lowest BCUT2D eigenvalue weighted by atomic mass is 10.1. The summed E-state index contributed by atoms with van der Waals surface area (Å²) in [5, 5.41) is 3.41. The highest BCUT2D eigenvalue weighted by Crippen LogP contribution is 2.27. The van der Waals surface area contributed by atoms with Crippen LogP contribution in [0.1, 0.15) is 11.6 Å². The number of hydrogen-bond acceptors (Lipinski definition) is 3. The minimum Gasteiger partial charge on any atom is -0.492 e. The molecule has 1 saturated heterocycles. The van der Waals surface area contributed by atoms with Crippen molar-refractivity contribution in [2.45, 2.75) is 6.04 Å². The molecule has 2 aromatic rings.